The van der Waals surface area contributed by atoms with Crippen molar-refractivity contribution in [3.8, 4) is 27.9 Å². The van der Waals surface area contributed by atoms with Gasteiger partial charge in [0.25, 0.3) is 0 Å². The summed E-state index contributed by atoms with van der Waals surface area (Å²) in [4.78, 5) is 0.108. The van der Waals surface area contributed by atoms with E-state index in [1.54, 1.807) is 43.3 Å². The van der Waals surface area contributed by atoms with Crippen molar-refractivity contribution in [2.24, 2.45) is 0 Å². The minimum Gasteiger partial charge on any atom is -0.230 e. The second-order valence-electron chi connectivity index (χ2n) is 8.12. The van der Waals surface area contributed by atoms with Crippen molar-refractivity contribution >= 4 is 20.7 Å². The number of nitrogens with zero attached hydrogens (tertiary/aromatic N) is 2. The molecule has 0 atom stereocenters. The molecule has 0 saturated carbocycles. The normalized spacial score (nSPS) is 11.8. The van der Waals surface area contributed by atoms with E-state index in [1.165, 1.54) is 22.9 Å². The molecule has 170 valence electrons. The van der Waals surface area contributed by atoms with E-state index in [1.807, 2.05) is 30.3 Å². The fourth-order valence-corrected chi connectivity index (χ4v) is 5.12. The van der Waals surface area contributed by atoms with E-state index >= 15 is 8.78 Å². The molecule has 0 spiro atoms. The van der Waals surface area contributed by atoms with Crippen LogP contribution in [0.25, 0.3) is 38.8 Å². The van der Waals surface area contributed by atoms with Gasteiger partial charge in [-0.3, -0.25) is 0 Å². The van der Waals surface area contributed by atoms with Gasteiger partial charge in [0.05, 0.1) is 16.3 Å². The van der Waals surface area contributed by atoms with Crippen LogP contribution in [0.1, 0.15) is 5.69 Å². The lowest BCUT2D eigenvalue weighted by molar-refractivity contribution is 0.602. The second-order valence-corrected chi connectivity index (χ2v) is 10.1. The maximum Gasteiger partial charge on any atom is 0.176 e. The Morgan fingerprint density at radius 1 is 0.794 bits per heavy atom. The number of rotatable bonds is 4. The molecule has 0 saturated heterocycles. The van der Waals surface area contributed by atoms with Gasteiger partial charge in [0.2, 0.25) is 0 Å². The Morgan fingerprint density at radius 3 is 2.18 bits per heavy atom. The molecule has 34 heavy (non-hydrogen) atoms. The van der Waals surface area contributed by atoms with Crippen LogP contribution in [0.4, 0.5) is 8.78 Å². The van der Waals surface area contributed by atoms with Crippen molar-refractivity contribution in [1.29, 1.82) is 0 Å². The molecular weight excluding hydrogens is 454 g/mol. The molecule has 0 N–H and O–H groups in total. The molecule has 0 unspecified atom stereocenters. The predicted octanol–water partition coefficient (Wildman–Crippen LogP) is 6.35. The summed E-state index contributed by atoms with van der Waals surface area (Å²) >= 11 is 0. The number of aryl methyl sites for hydroxylation is 1. The fraction of sp³-hybridized carbons (Fsp3) is 0.0741. The molecule has 0 aliphatic heterocycles. The van der Waals surface area contributed by atoms with E-state index in [0.29, 0.717) is 27.9 Å². The first-order valence-corrected chi connectivity index (χ1v) is 12.5. The van der Waals surface area contributed by atoms with Gasteiger partial charge < -0.3 is 0 Å². The molecule has 0 radical (unpaired) electrons. The van der Waals surface area contributed by atoms with Crippen molar-refractivity contribution < 1.29 is 17.2 Å². The zero-order valence-corrected chi connectivity index (χ0v) is 19.3. The average Bonchev–Trinajstić information content (AvgIpc) is 3.17. The number of sulfone groups is 1. The first kappa shape index (κ1) is 22.0. The van der Waals surface area contributed by atoms with Gasteiger partial charge >= 0.3 is 0 Å². The summed E-state index contributed by atoms with van der Waals surface area (Å²) in [5, 5.41) is 5.13. The van der Waals surface area contributed by atoms with Gasteiger partial charge in [-0.25, -0.2) is 21.9 Å². The van der Waals surface area contributed by atoms with Crippen molar-refractivity contribution in [2.45, 2.75) is 11.8 Å². The summed E-state index contributed by atoms with van der Waals surface area (Å²) in [6.07, 6.45) is 1.11. The van der Waals surface area contributed by atoms with Crippen molar-refractivity contribution in [3.05, 3.63) is 102 Å². The van der Waals surface area contributed by atoms with Crippen LogP contribution in [0.15, 0.2) is 89.8 Å². The van der Waals surface area contributed by atoms with Gasteiger partial charge in [-0.05, 0) is 36.8 Å². The average molecular weight is 475 g/mol. The van der Waals surface area contributed by atoms with Gasteiger partial charge in [0, 0.05) is 28.3 Å². The predicted molar refractivity (Wildman–Crippen MR) is 130 cm³/mol. The third kappa shape index (κ3) is 3.68. The van der Waals surface area contributed by atoms with Crippen molar-refractivity contribution in [1.82, 2.24) is 9.78 Å². The minimum absolute atomic E-state index is 0.0819. The van der Waals surface area contributed by atoms with Crippen LogP contribution in [0.5, 0.6) is 0 Å². The highest BCUT2D eigenvalue weighted by molar-refractivity contribution is 7.90. The molecule has 7 heteroatoms. The van der Waals surface area contributed by atoms with E-state index in [-0.39, 0.29) is 21.5 Å². The highest BCUT2D eigenvalue weighted by atomic mass is 32.2. The Morgan fingerprint density at radius 2 is 1.47 bits per heavy atom. The zero-order chi connectivity index (χ0) is 24.0. The van der Waals surface area contributed by atoms with Crippen LogP contribution in [0.2, 0.25) is 0 Å². The lowest BCUT2D eigenvalue weighted by Crippen LogP contribution is -2.00. The standard InChI is InChI=1S/C27H20F2N2O2S/c1-17-20-14-15-23(26(29)27(20)31(30-17)19-8-4-3-5-9-19)22-13-12-18(16-24(22)28)21-10-6-7-11-25(21)34(2,32)33/h3-16H,1-2H3. The Balaban J connectivity index is 1.67. The highest BCUT2D eigenvalue weighted by Gasteiger charge is 2.20. The number of para-hydroxylation sites is 1. The van der Waals surface area contributed by atoms with E-state index in [9.17, 15) is 8.42 Å². The molecule has 4 aromatic carbocycles. The number of fused-ring (bicyclic) bond motifs is 1. The number of benzene rings is 4. The van der Waals surface area contributed by atoms with Gasteiger partial charge in [0.15, 0.2) is 15.7 Å². The van der Waals surface area contributed by atoms with Crippen LogP contribution in [-0.4, -0.2) is 24.5 Å². The van der Waals surface area contributed by atoms with Gasteiger partial charge in [0.1, 0.15) is 11.3 Å². The molecule has 0 amide bonds. The molecule has 5 rings (SSSR count). The summed E-state index contributed by atoms with van der Waals surface area (Å²) in [6, 6.07) is 23.2. The SMILES string of the molecule is Cc1nn(-c2ccccc2)c2c(F)c(-c3ccc(-c4ccccc4S(C)(=O)=O)cc3F)ccc12. The summed E-state index contributed by atoms with van der Waals surface area (Å²) in [5.41, 5.74) is 2.61. The lowest BCUT2D eigenvalue weighted by Gasteiger charge is -2.12. The molecule has 4 nitrogen and oxygen atoms in total. The lowest BCUT2D eigenvalue weighted by atomic mass is 9.98. The number of hydrogen-bond donors (Lipinski definition) is 0. The van der Waals surface area contributed by atoms with Crippen molar-refractivity contribution in [3.63, 3.8) is 0 Å². The van der Waals surface area contributed by atoms with Crippen LogP contribution in [0.3, 0.4) is 0 Å². The van der Waals surface area contributed by atoms with Crippen LogP contribution in [0, 0.1) is 18.6 Å². The molecule has 1 heterocycles. The van der Waals surface area contributed by atoms with E-state index in [2.05, 4.69) is 5.10 Å². The van der Waals surface area contributed by atoms with Crippen molar-refractivity contribution in [2.75, 3.05) is 6.26 Å². The van der Waals surface area contributed by atoms with E-state index in [0.717, 1.165) is 6.26 Å². The maximum atomic E-state index is 15.8. The summed E-state index contributed by atoms with van der Waals surface area (Å²) in [5.74, 6) is -1.23. The highest BCUT2D eigenvalue weighted by Crippen LogP contribution is 2.35. The molecule has 0 aliphatic carbocycles. The third-order valence-electron chi connectivity index (χ3n) is 5.83. The minimum atomic E-state index is -3.51. The molecule has 0 aliphatic rings. The molecule has 0 bridgehead atoms. The molecule has 1 aromatic heterocycles. The fourth-order valence-electron chi connectivity index (χ4n) is 4.21. The molecular formula is C27H20F2N2O2S. The summed E-state index contributed by atoms with van der Waals surface area (Å²) < 4.78 is 57.0. The first-order chi connectivity index (χ1) is 16.3. The summed E-state index contributed by atoms with van der Waals surface area (Å²) in [6.45, 7) is 1.80. The first-order valence-electron chi connectivity index (χ1n) is 10.6. The monoisotopic (exact) mass is 474 g/mol. The van der Waals surface area contributed by atoms with Gasteiger partial charge in [-0.1, -0.05) is 60.7 Å². The largest absolute Gasteiger partial charge is 0.230 e. The molecule has 0 fully saturated rings. The topological polar surface area (TPSA) is 52.0 Å². The van der Waals surface area contributed by atoms with Crippen LogP contribution < -0.4 is 0 Å². The zero-order valence-electron chi connectivity index (χ0n) is 18.5. The van der Waals surface area contributed by atoms with Gasteiger partial charge in [-0.2, -0.15) is 5.10 Å². The maximum absolute atomic E-state index is 15.8. The van der Waals surface area contributed by atoms with Gasteiger partial charge in [-0.15, -0.1) is 0 Å². The molecule has 5 aromatic rings. The number of hydrogen-bond acceptors (Lipinski definition) is 3. The second kappa shape index (κ2) is 8.18. The smallest absolute Gasteiger partial charge is 0.176 e. The summed E-state index contributed by atoms with van der Waals surface area (Å²) in [7, 11) is -3.51. The quantitative estimate of drug-likeness (QED) is 0.305. The number of aromatic nitrogens is 2. The van der Waals surface area contributed by atoms with E-state index in [4.69, 9.17) is 0 Å². The number of halogens is 2. The van der Waals surface area contributed by atoms with E-state index < -0.39 is 21.5 Å². The Kier molecular flexibility index (Phi) is 5.29. The van der Waals surface area contributed by atoms with Crippen LogP contribution >= 0.6 is 0 Å². The Hall–Kier alpha value is -3.84. The third-order valence-corrected chi connectivity index (χ3v) is 6.98. The Bertz CT molecular complexity index is 1660. The Labute approximate surface area is 196 Å². The van der Waals surface area contributed by atoms with Crippen LogP contribution in [-0.2, 0) is 9.84 Å².